The first-order valence-electron chi connectivity index (χ1n) is 9.59. The molecule has 28 heavy (non-hydrogen) atoms. The van der Waals surface area contributed by atoms with E-state index in [1.807, 2.05) is 18.2 Å². The third-order valence-corrected chi connectivity index (χ3v) is 6.60. The molecule has 1 unspecified atom stereocenters. The van der Waals surface area contributed by atoms with Crippen LogP contribution >= 0.6 is 0 Å². The number of hydrogen-bond acceptors (Lipinski definition) is 4. The van der Waals surface area contributed by atoms with E-state index in [1.165, 1.54) is 37.6 Å². The van der Waals surface area contributed by atoms with E-state index in [1.54, 1.807) is 12.1 Å². The molecule has 2 aromatic rings. The minimum Gasteiger partial charge on any atom is -0.350 e. The highest BCUT2D eigenvalue weighted by Gasteiger charge is 2.23. The molecule has 0 aromatic heterocycles. The molecule has 1 aliphatic heterocycles. The maximum atomic E-state index is 12.5. The van der Waals surface area contributed by atoms with Gasteiger partial charge in [-0.1, -0.05) is 36.8 Å². The van der Waals surface area contributed by atoms with Gasteiger partial charge in [0.1, 0.15) is 0 Å². The first-order valence-corrected chi connectivity index (χ1v) is 11.1. The summed E-state index contributed by atoms with van der Waals surface area (Å²) in [6, 6.07) is 16.7. The summed E-state index contributed by atoms with van der Waals surface area (Å²) >= 11 is 0. The number of amides is 1. The predicted molar refractivity (Wildman–Crippen MR) is 110 cm³/mol. The second-order valence-electron chi connectivity index (χ2n) is 7.05. The van der Waals surface area contributed by atoms with Crippen molar-refractivity contribution in [1.29, 1.82) is 0 Å². The van der Waals surface area contributed by atoms with Crippen LogP contribution in [0.3, 0.4) is 0 Å². The van der Waals surface area contributed by atoms with Crippen molar-refractivity contribution in [3.63, 3.8) is 0 Å². The minimum atomic E-state index is -3.50. The Kier molecular flexibility index (Phi) is 6.83. The average Bonchev–Trinajstić information content (AvgIpc) is 2.74. The van der Waals surface area contributed by atoms with Crippen molar-refractivity contribution < 1.29 is 13.2 Å². The van der Waals surface area contributed by atoms with Crippen LogP contribution in [0.15, 0.2) is 59.5 Å². The largest absolute Gasteiger partial charge is 0.350 e. The van der Waals surface area contributed by atoms with Gasteiger partial charge in [-0.2, -0.15) is 0 Å². The van der Waals surface area contributed by atoms with Gasteiger partial charge in [0.05, 0.1) is 4.90 Å². The lowest BCUT2D eigenvalue weighted by atomic mass is 10.0. The Morgan fingerprint density at radius 1 is 1.07 bits per heavy atom. The fourth-order valence-electron chi connectivity index (χ4n) is 3.53. The summed E-state index contributed by atoms with van der Waals surface area (Å²) < 4.78 is 25.8. The van der Waals surface area contributed by atoms with Crippen LogP contribution in [-0.2, 0) is 16.6 Å². The lowest BCUT2D eigenvalue weighted by Gasteiger charge is -2.36. The number of carbonyl (C=O) groups excluding carboxylic acids is 1. The molecule has 6 nitrogen and oxygen atoms in total. The third-order valence-electron chi connectivity index (χ3n) is 5.17. The van der Waals surface area contributed by atoms with Crippen molar-refractivity contribution in [2.24, 2.45) is 0 Å². The summed E-state index contributed by atoms with van der Waals surface area (Å²) in [4.78, 5) is 15.1. The van der Waals surface area contributed by atoms with Crippen LogP contribution in [0.25, 0.3) is 0 Å². The highest BCUT2D eigenvalue weighted by molar-refractivity contribution is 7.89. The zero-order valence-corrected chi connectivity index (χ0v) is 16.9. The Morgan fingerprint density at radius 3 is 2.46 bits per heavy atom. The van der Waals surface area contributed by atoms with E-state index >= 15 is 0 Å². The van der Waals surface area contributed by atoms with Gasteiger partial charge in [-0.3, -0.25) is 9.69 Å². The first kappa shape index (κ1) is 20.5. The van der Waals surface area contributed by atoms with E-state index in [9.17, 15) is 13.2 Å². The van der Waals surface area contributed by atoms with Crippen LogP contribution in [0.5, 0.6) is 0 Å². The van der Waals surface area contributed by atoms with Crippen molar-refractivity contribution >= 4 is 15.9 Å². The molecule has 0 saturated carbocycles. The van der Waals surface area contributed by atoms with Gasteiger partial charge >= 0.3 is 0 Å². The highest BCUT2D eigenvalue weighted by Crippen LogP contribution is 2.19. The van der Waals surface area contributed by atoms with Gasteiger partial charge in [-0.05, 0) is 56.3 Å². The molecular weight excluding hydrogens is 374 g/mol. The molecule has 1 amide bonds. The molecular formula is C21H27N3O3S. The molecule has 1 fully saturated rings. The maximum Gasteiger partial charge on any atom is 0.251 e. The quantitative estimate of drug-likeness (QED) is 0.747. The van der Waals surface area contributed by atoms with Crippen LogP contribution < -0.4 is 10.0 Å². The molecule has 1 atom stereocenters. The molecule has 150 valence electrons. The van der Waals surface area contributed by atoms with Gasteiger partial charge in [0.2, 0.25) is 10.0 Å². The number of nitrogens with one attached hydrogen (secondary N) is 2. The normalized spacial score (nSPS) is 18.0. The average molecular weight is 402 g/mol. The van der Waals surface area contributed by atoms with E-state index < -0.39 is 10.0 Å². The van der Waals surface area contributed by atoms with Crippen LogP contribution in [0.1, 0.15) is 35.2 Å². The van der Waals surface area contributed by atoms with E-state index in [-0.39, 0.29) is 10.8 Å². The van der Waals surface area contributed by atoms with E-state index in [2.05, 4.69) is 27.1 Å². The van der Waals surface area contributed by atoms with Crippen molar-refractivity contribution in [2.45, 2.75) is 36.7 Å². The second kappa shape index (κ2) is 9.32. The summed E-state index contributed by atoms with van der Waals surface area (Å²) in [5.41, 5.74) is 1.74. The van der Waals surface area contributed by atoms with Crippen molar-refractivity contribution in [3.8, 4) is 0 Å². The molecule has 0 spiro atoms. The fourth-order valence-corrected chi connectivity index (χ4v) is 4.26. The maximum absolute atomic E-state index is 12.5. The number of sulfonamides is 1. The Bertz CT molecular complexity index is 883. The number of carbonyl (C=O) groups is 1. The Morgan fingerprint density at radius 2 is 1.79 bits per heavy atom. The third kappa shape index (κ3) is 5.19. The molecule has 2 N–H and O–H groups in total. The SMILES string of the molecule is CNS(=O)(=O)c1ccc(C(=O)NCC2CCCCN2Cc2ccccc2)cc1. The molecule has 0 aliphatic carbocycles. The monoisotopic (exact) mass is 401 g/mol. The molecule has 0 bridgehead atoms. The predicted octanol–water partition coefficient (Wildman–Crippen LogP) is 2.38. The Balaban J connectivity index is 1.59. The molecule has 1 saturated heterocycles. The highest BCUT2D eigenvalue weighted by atomic mass is 32.2. The minimum absolute atomic E-state index is 0.146. The van der Waals surface area contributed by atoms with Crippen LogP contribution in [-0.4, -0.2) is 45.4 Å². The number of likely N-dealkylation sites (tertiary alicyclic amines) is 1. The number of hydrogen-bond donors (Lipinski definition) is 2. The Hall–Kier alpha value is -2.22. The smallest absolute Gasteiger partial charge is 0.251 e. The zero-order chi connectivity index (χ0) is 20.0. The van der Waals surface area contributed by atoms with Gasteiger partial charge in [0.25, 0.3) is 5.91 Å². The summed E-state index contributed by atoms with van der Waals surface area (Å²) in [7, 11) is -2.13. The van der Waals surface area contributed by atoms with Crippen LogP contribution in [0, 0.1) is 0 Å². The lowest BCUT2D eigenvalue weighted by molar-refractivity contribution is 0.0907. The van der Waals surface area contributed by atoms with Gasteiger partial charge in [-0.25, -0.2) is 13.1 Å². The molecule has 1 heterocycles. The van der Waals surface area contributed by atoms with Gasteiger partial charge in [0.15, 0.2) is 0 Å². The van der Waals surface area contributed by atoms with Crippen LogP contribution in [0.4, 0.5) is 0 Å². The van der Waals surface area contributed by atoms with Crippen molar-refractivity contribution in [3.05, 3.63) is 65.7 Å². The van der Waals surface area contributed by atoms with Crippen LogP contribution in [0.2, 0.25) is 0 Å². The van der Waals surface area contributed by atoms with E-state index in [0.717, 1.165) is 19.5 Å². The number of benzene rings is 2. The number of rotatable bonds is 7. The summed E-state index contributed by atoms with van der Waals surface area (Å²) in [5, 5.41) is 3.01. The topological polar surface area (TPSA) is 78.5 Å². The molecule has 7 heteroatoms. The second-order valence-corrected chi connectivity index (χ2v) is 8.93. The summed E-state index contributed by atoms with van der Waals surface area (Å²) in [6.07, 6.45) is 3.41. The molecule has 0 radical (unpaired) electrons. The molecule has 3 rings (SSSR count). The summed E-state index contributed by atoms with van der Waals surface area (Å²) in [6.45, 7) is 2.51. The standard InChI is InChI=1S/C21H27N3O3S/c1-22-28(26,27)20-12-10-18(11-13-20)21(25)23-15-19-9-5-6-14-24(19)16-17-7-3-2-4-8-17/h2-4,7-8,10-13,19,22H,5-6,9,14-16H2,1H3,(H,23,25). The fraction of sp³-hybridized carbons (Fsp3) is 0.381. The van der Waals surface area contributed by atoms with E-state index in [0.29, 0.717) is 18.2 Å². The lowest BCUT2D eigenvalue weighted by Crippen LogP contribution is -2.46. The molecule has 2 aromatic carbocycles. The van der Waals surface area contributed by atoms with Gasteiger partial charge < -0.3 is 5.32 Å². The van der Waals surface area contributed by atoms with E-state index in [4.69, 9.17) is 0 Å². The van der Waals surface area contributed by atoms with Crippen molar-refractivity contribution in [1.82, 2.24) is 14.9 Å². The van der Waals surface area contributed by atoms with Gasteiger partial charge in [-0.15, -0.1) is 0 Å². The van der Waals surface area contributed by atoms with Gasteiger partial charge in [0, 0.05) is 24.7 Å². The number of nitrogens with zero attached hydrogens (tertiary/aromatic N) is 1. The number of piperidine rings is 1. The molecule has 1 aliphatic rings. The van der Waals surface area contributed by atoms with Crippen molar-refractivity contribution in [2.75, 3.05) is 20.1 Å². The Labute approximate surface area is 167 Å². The first-order chi connectivity index (χ1) is 13.5. The summed E-state index contributed by atoms with van der Waals surface area (Å²) in [5.74, 6) is -0.182. The zero-order valence-electron chi connectivity index (χ0n) is 16.1.